The summed E-state index contributed by atoms with van der Waals surface area (Å²) in [6.07, 6.45) is 6.47. The lowest BCUT2D eigenvalue weighted by molar-refractivity contribution is -0.129. The van der Waals surface area contributed by atoms with E-state index in [0.717, 1.165) is 51.7 Å². The first-order valence-electron chi connectivity index (χ1n) is 8.62. The highest BCUT2D eigenvalue weighted by molar-refractivity contribution is 5.80. The first kappa shape index (κ1) is 15.7. The normalized spacial score (nSPS) is 29.3. The van der Waals surface area contributed by atoms with E-state index in [4.69, 9.17) is 4.74 Å². The van der Waals surface area contributed by atoms with E-state index < -0.39 is 0 Å². The topological polar surface area (TPSA) is 70.7 Å². The van der Waals surface area contributed by atoms with Gasteiger partial charge < -0.3 is 15.4 Å². The lowest BCUT2D eigenvalue weighted by Crippen LogP contribution is -2.47. The molecule has 6 nitrogen and oxygen atoms in total. The smallest absolute Gasteiger partial charge is 0.234 e. The number of hydrogen-bond donors (Lipinski definition) is 2. The number of nitrogens with one attached hydrogen (secondary N) is 2. The molecule has 1 aliphatic carbocycles. The van der Waals surface area contributed by atoms with E-state index in [9.17, 15) is 9.59 Å². The first-order valence-corrected chi connectivity index (χ1v) is 8.62. The van der Waals surface area contributed by atoms with Crippen molar-refractivity contribution in [2.45, 2.75) is 50.7 Å². The summed E-state index contributed by atoms with van der Waals surface area (Å²) in [7, 11) is 0. The molecular weight excluding hydrogens is 282 g/mol. The highest BCUT2D eigenvalue weighted by Gasteiger charge is 2.31. The van der Waals surface area contributed by atoms with Gasteiger partial charge in [0.15, 0.2) is 0 Å². The number of hydrogen-bond acceptors (Lipinski definition) is 4. The van der Waals surface area contributed by atoms with E-state index in [1.165, 1.54) is 0 Å². The van der Waals surface area contributed by atoms with Crippen molar-refractivity contribution in [2.24, 2.45) is 5.92 Å². The minimum Gasteiger partial charge on any atom is -0.376 e. The lowest BCUT2D eigenvalue weighted by atomic mass is 9.97. The summed E-state index contributed by atoms with van der Waals surface area (Å²) in [6, 6.07) is 0.414. The molecular formula is C16H27N3O3. The molecule has 6 heteroatoms. The fourth-order valence-electron chi connectivity index (χ4n) is 3.25. The van der Waals surface area contributed by atoms with E-state index in [2.05, 4.69) is 15.5 Å². The van der Waals surface area contributed by atoms with Crippen molar-refractivity contribution in [1.29, 1.82) is 0 Å². The zero-order valence-corrected chi connectivity index (χ0v) is 13.2. The Morgan fingerprint density at radius 1 is 1.14 bits per heavy atom. The van der Waals surface area contributed by atoms with E-state index in [1.54, 1.807) is 0 Å². The Morgan fingerprint density at radius 3 is 2.73 bits per heavy atom. The standard InChI is InChI=1S/C16H27N3O3/c20-15(17-9-14-4-2-8-22-14)11-19-7-1-3-12(10-19)16(21)18-13-5-6-13/h12-14H,1-11H2,(H,17,20)(H,18,21). The van der Waals surface area contributed by atoms with Crippen LogP contribution in [0, 0.1) is 5.92 Å². The second-order valence-corrected chi connectivity index (χ2v) is 6.80. The van der Waals surface area contributed by atoms with Gasteiger partial charge in [-0.25, -0.2) is 0 Å². The molecule has 2 heterocycles. The first-order chi connectivity index (χ1) is 10.7. The van der Waals surface area contributed by atoms with Gasteiger partial charge in [0, 0.05) is 25.7 Å². The molecule has 0 radical (unpaired) electrons. The predicted octanol–water partition coefficient (Wildman–Crippen LogP) is 0.272. The number of likely N-dealkylation sites (tertiary alicyclic amines) is 1. The molecule has 2 amide bonds. The number of rotatable bonds is 6. The second-order valence-electron chi connectivity index (χ2n) is 6.80. The Kier molecular flexibility index (Phi) is 5.31. The summed E-state index contributed by atoms with van der Waals surface area (Å²) < 4.78 is 5.50. The SMILES string of the molecule is O=C(CN1CCCC(C(=O)NC2CC2)C1)NCC1CCCO1. The van der Waals surface area contributed by atoms with E-state index in [0.29, 0.717) is 25.7 Å². The Labute approximate surface area is 131 Å². The van der Waals surface area contributed by atoms with Crippen LogP contribution in [0.1, 0.15) is 38.5 Å². The van der Waals surface area contributed by atoms with Crippen molar-refractivity contribution < 1.29 is 14.3 Å². The summed E-state index contributed by atoms with van der Waals surface area (Å²) in [6.45, 7) is 3.41. The molecule has 2 atom stereocenters. The largest absolute Gasteiger partial charge is 0.376 e. The number of carbonyl (C=O) groups excluding carboxylic acids is 2. The molecule has 2 N–H and O–H groups in total. The molecule has 3 rings (SSSR count). The van der Waals surface area contributed by atoms with Gasteiger partial charge in [-0.3, -0.25) is 14.5 Å². The fraction of sp³-hybridized carbons (Fsp3) is 0.875. The zero-order chi connectivity index (χ0) is 15.4. The quantitative estimate of drug-likeness (QED) is 0.739. The van der Waals surface area contributed by atoms with Gasteiger partial charge in [-0.15, -0.1) is 0 Å². The molecule has 0 aromatic heterocycles. The maximum atomic E-state index is 12.1. The van der Waals surface area contributed by atoms with Gasteiger partial charge in [0.1, 0.15) is 0 Å². The predicted molar refractivity (Wildman–Crippen MR) is 82.3 cm³/mol. The van der Waals surface area contributed by atoms with Crippen molar-refractivity contribution in [3.05, 3.63) is 0 Å². The number of piperidine rings is 1. The van der Waals surface area contributed by atoms with Gasteiger partial charge in [0.05, 0.1) is 18.6 Å². The number of nitrogens with zero attached hydrogens (tertiary/aromatic N) is 1. The molecule has 2 unspecified atom stereocenters. The van der Waals surface area contributed by atoms with Crippen LogP contribution in [0.3, 0.4) is 0 Å². The lowest BCUT2D eigenvalue weighted by Gasteiger charge is -2.31. The third-order valence-electron chi connectivity index (χ3n) is 4.72. The molecule has 2 aliphatic heterocycles. The maximum Gasteiger partial charge on any atom is 0.234 e. The Morgan fingerprint density at radius 2 is 2.00 bits per heavy atom. The molecule has 0 spiro atoms. The fourth-order valence-corrected chi connectivity index (χ4v) is 3.25. The highest BCUT2D eigenvalue weighted by Crippen LogP contribution is 2.22. The molecule has 124 valence electrons. The molecule has 3 aliphatic rings. The third kappa shape index (κ3) is 4.68. The molecule has 22 heavy (non-hydrogen) atoms. The van der Waals surface area contributed by atoms with Gasteiger partial charge in [-0.05, 0) is 45.1 Å². The summed E-state index contributed by atoms with van der Waals surface area (Å²) in [5.74, 6) is 0.256. The Hall–Kier alpha value is -1.14. The highest BCUT2D eigenvalue weighted by atomic mass is 16.5. The van der Waals surface area contributed by atoms with Crippen molar-refractivity contribution in [2.75, 3.05) is 32.8 Å². The Balaban J connectivity index is 1.37. The second kappa shape index (κ2) is 7.42. The van der Waals surface area contributed by atoms with Crippen LogP contribution in [0.4, 0.5) is 0 Å². The monoisotopic (exact) mass is 309 g/mol. The molecule has 0 aromatic carbocycles. The van der Waals surface area contributed by atoms with Crippen molar-refractivity contribution in [3.63, 3.8) is 0 Å². The molecule has 0 bridgehead atoms. The number of amides is 2. The van der Waals surface area contributed by atoms with Crippen LogP contribution in [-0.2, 0) is 14.3 Å². The molecule has 0 aromatic rings. The summed E-state index contributed by atoms with van der Waals surface area (Å²) in [4.78, 5) is 26.3. The average molecular weight is 309 g/mol. The van der Waals surface area contributed by atoms with Crippen LogP contribution in [0.25, 0.3) is 0 Å². The van der Waals surface area contributed by atoms with Gasteiger partial charge in [-0.2, -0.15) is 0 Å². The van der Waals surface area contributed by atoms with Crippen LogP contribution in [0.15, 0.2) is 0 Å². The minimum absolute atomic E-state index is 0.0405. The van der Waals surface area contributed by atoms with Crippen molar-refractivity contribution >= 4 is 11.8 Å². The van der Waals surface area contributed by atoms with E-state index in [1.807, 2.05) is 0 Å². The molecule has 1 saturated carbocycles. The third-order valence-corrected chi connectivity index (χ3v) is 4.72. The van der Waals surface area contributed by atoms with Crippen LogP contribution < -0.4 is 10.6 Å². The van der Waals surface area contributed by atoms with Crippen LogP contribution >= 0.6 is 0 Å². The summed E-state index contributed by atoms with van der Waals surface area (Å²) in [5, 5.41) is 6.03. The van der Waals surface area contributed by atoms with Gasteiger partial charge in [-0.1, -0.05) is 0 Å². The molecule has 3 fully saturated rings. The summed E-state index contributed by atoms with van der Waals surface area (Å²) >= 11 is 0. The Bertz CT molecular complexity index is 405. The number of carbonyl (C=O) groups is 2. The zero-order valence-electron chi connectivity index (χ0n) is 13.2. The van der Waals surface area contributed by atoms with E-state index in [-0.39, 0.29) is 23.8 Å². The van der Waals surface area contributed by atoms with Gasteiger partial charge in [0.25, 0.3) is 0 Å². The number of ether oxygens (including phenoxy) is 1. The van der Waals surface area contributed by atoms with Crippen LogP contribution in [0.5, 0.6) is 0 Å². The van der Waals surface area contributed by atoms with E-state index >= 15 is 0 Å². The average Bonchev–Trinajstić information content (AvgIpc) is 3.17. The van der Waals surface area contributed by atoms with Gasteiger partial charge in [0.2, 0.25) is 11.8 Å². The maximum absolute atomic E-state index is 12.1. The van der Waals surface area contributed by atoms with Crippen molar-refractivity contribution in [3.8, 4) is 0 Å². The van der Waals surface area contributed by atoms with Gasteiger partial charge >= 0.3 is 0 Å². The molecule has 2 saturated heterocycles. The minimum atomic E-state index is 0.0405. The summed E-state index contributed by atoms with van der Waals surface area (Å²) in [5.41, 5.74) is 0. The van der Waals surface area contributed by atoms with Crippen LogP contribution in [0.2, 0.25) is 0 Å². The van der Waals surface area contributed by atoms with Crippen molar-refractivity contribution in [1.82, 2.24) is 15.5 Å². The van der Waals surface area contributed by atoms with Crippen LogP contribution in [-0.4, -0.2) is 61.6 Å².